The summed E-state index contributed by atoms with van der Waals surface area (Å²) in [5, 5.41) is 49.0. The SMILES string of the molecule is COc1nc(N=CCSOOO)nc(Nc2ccc(/C=C/c3ccc(Nc4nc(OC)nc(N(CCO)CCO)n4)cc3SOOO)c(S(=O)(=O)O)c2)n1. The highest BCUT2D eigenvalue weighted by Crippen LogP contribution is 2.31. The van der Waals surface area contributed by atoms with Crippen molar-refractivity contribution in [2.45, 2.75) is 9.79 Å². The van der Waals surface area contributed by atoms with E-state index < -0.39 is 15.0 Å². The Kier molecular flexibility index (Phi) is 16.4. The lowest BCUT2D eigenvalue weighted by Gasteiger charge is -2.21. The van der Waals surface area contributed by atoms with Crippen LogP contribution in [0.15, 0.2) is 51.2 Å². The van der Waals surface area contributed by atoms with Gasteiger partial charge in [-0.1, -0.05) is 34.4 Å². The molecular weight excluding hydrogens is 781 g/mol. The highest BCUT2D eigenvalue weighted by Gasteiger charge is 2.18. The van der Waals surface area contributed by atoms with E-state index in [4.69, 9.17) is 20.0 Å². The Morgan fingerprint density at radius 2 is 1.43 bits per heavy atom. The van der Waals surface area contributed by atoms with E-state index in [2.05, 4.69) is 64.3 Å². The van der Waals surface area contributed by atoms with Gasteiger partial charge in [0.05, 0.1) is 45.2 Å². The summed E-state index contributed by atoms with van der Waals surface area (Å²) in [6.07, 6.45) is 4.29. The molecule has 290 valence electrons. The number of rotatable bonds is 22. The third-order valence-corrected chi connectivity index (χ3v) is 8.45. The predicted molar refractivity (Wildman–Crippen MR) is 193 cm³/mol. The number of aliphatic imine (C=N–C) groups is 1. The second-order valence-electron chi connectivity index (χ2n) is 9.85. The van der Waals surface area contributed by atoms with Crippen molar-refractivity contribution in [3.63, 3.8) is 0 Å². The number of aliphatic hydroxyl groups is 2. The van der Waals surface area contributed by atoms with Crippen LogP contribution in [0.2, 0.25) is 0 Å². The van der Waals surface area contributed by atoms with Gasteiger partial charge in [0.25, 0.3) is 16.1 Å². The fourth-order valence-corrected chi connectivity index (χ4v) is 5.68. The minimum Gasteiger partial charge on any atom is -0.467 e. The zero-order valence-electron chi connectivity index (χ0n) is 28.0. The molecule has 0 fully saturated rings. The lowest BCUT2D eigenvalue weighted by molar-refractivity contribution is -0.432. The fraction of sp³-hybridized carbons (Fsp3) is 0.250. The van der Waals surface area contributed by atoms with Gasteiger partial charge in [-0.2, -0.15) is 38.3 Å². The largest absolute Gasteiger partial charge is 0.467 e. The molecule has 0 bridgehead atoms. The number of nitrogens with zero attached hydrogens (tertiary/aromatic N) is 8. The molecule has 23 nitrogen and oxygen atoms in total. The molecule has 7 N–H and O–H groups in total. The van der Waals surface area contributed by atoms with Gasteiger partial charge in [0.15, 0.2) is 0 Å². The first-order valence-corrected chi connectivity index (χ1v) is 18.0. The van der Waals surface area contributed by atoms with Gasteiger partial charge in [-0.25, -0.2) is 15.5 Å². The molecule has 0 saturated carbocycles. The molecular formula is C28H32N10O13S3. The first-order valence-electron chi connectivity index (χ1n) is 14.9. The van der Waals surface area contributed by atoms with Gasteiger partial charge in [0.1, 0.15) is 4.90 Å². The number of hydrogen-bond donors (Lipinski definition) is 7. The van der Waals surface area contributed by atoms with E-state index in [1.807, 2.05) is 0 Å². The molecule has 0 aliphatic rings. The van der Waals surface area contributed by atoms with E-state index in [-0.39, 0.29) is 79.1 Å². The number of ether oxygens (including phenoxy) is 2. The monoisotopic (exact) mass is 812 g/mol. The number of nitrogens with one attached hydrogen (secondary N) is 2. The van der Waals surface area contributed by atoms with Gasteiger partial charge < -0.3 is 35.2 Å². The molecule has 0 radical (unpaired) electrons. The van der Waals surface area contributed by atoms with Crippen LogP contribution in [0.1, 0.15) is 11.1 Å². The zero-order valence-corrected chi connectivity index (χ0v) is 30.5. The third kappa shape index (κ3) is 12.6. The molecule has 0 aliphatic carbocycles. The van der Waals surface area contributed by atoms with Crippen molar-refractivity contribution >= 4 is 87.7 Å². The molecule has 2 aromatic carbocycles. The standard InChI is InChI=1S/C28H32N10O13S3/c1-46-27-34-23(29-9-14-52-50-48-41)32-24(35-27)31-20-8-6-18(22(16-20)54(43,44)45)4-3-17-5-7-19(15-21(17)53-51-49-42)30-25-33-26(37-28(36-25)47-2)38(10-12-39)11-13-40/h3-9,15-16,39-42H,10-14H2,1-2H3,(H,43,44,45)(H,30,33,36,37)(H,31,32,34,35)/b4-3+,29-9?. The Balaban J connectivity index is 1.61. The fourth-order valence-electron chi connectivity index (χ4n) is 4.22. The molecule has 0 amide bonds. The van der Waals surface area contributed by atoms with Crippen molar-refractivity contribution < 1.29 is 61.9 Å². The molecule has 0 spiro atoms. The van der Waals surface area contributed by atoms with Gasteiger partial charge in [-0.3, -0.25) is 4.55 Å². The summed E-state index contributed by atoms with van der Waals surface area (Å²) >= 11 is 1.35. The minimum absolute atomic E-state index is 0.0370. The predicted octanol–water partition coefficient (Wildman–Crippen LogP) is 2.97. The Hall–Kier alpha value is -4.84. The Bertz CT molecular complexity index is 2010. The van der Waals surface area contributed by atoms with Crippen LogP contribution in [-0.4, -0.2) is 116 Å². The van der Waals surface area contributed by atoms with Crippen molar-refractivity contribution in [3.05, 3.63) is 47.5 Å². The van der Waals surface area contributed by atoms with Gasteiger partial charge >= 0.3 is 12.0 Å². The molecule has 26 heteroatoms. The van der Waals surface area contributed by atoms with Crippen molar-refractivity contribution in [2.24, 2.45) is 4.99 Å². The van der Waals surface area contributed by atoms with Crippen molar-refractivity contribution in [1.82, 2.24) is 29.9 Å². The summed E-state index contributed by atoms with van der Waals surface area (Å²) in [6, 6.07) is 8.75. The zero-order chi connectivity index (χ0) is 38.9. The van der Waals surface area contributed by atoms with Crippen molar-refractivity contribution in [1.29, 1.82) is 0 Å². The van der Waals surface area contributed by atoms with Gasteiger partial charge in [0.2, 0.25) is 17.8 Å². The maximum Gasteiger partial charge on any atom is 0.322 e. The Labute approximate surface area is 315 Å². The second kappa shape index (κ2) is 21.2. The summed E-state index contributed by atoms with van der Waals surface area (Å²) in [5.41, 5.74) is 1.14. The van der Waals surface area contributed by atoms with Gasteiger partial charge in [-0.05, 0) is 35.4 Å². The second-order valence-corrected chi connectivity index (χ2v) is 12.7. The van der Waals surface area contributed by atoms with Crippen LogP contribution in [0.25, 0.3) is 12.2 Å². The van der Waals surface area contributed by atoms with E-state index in [9.17, 15) is 23.2 Å². The average molecular weight is 813 g/mol. The highest BCUT2D eigenvalue weighted by molar-refractivity contribution is 7.95. The number of anilines is 5. The van der Waals surface area contributed by atoms with Crippen LogP contribution >= 0.6 is 24.1 Å². The quantitative estimate of drug-likeness (QED) is 0.0114. The van der Waals surface area contributed by atoms with E-state index in [1.165, 1.54) is 49.6 Å². The van der Waals surface area contributed by atoms with Crippen LogP contribution in [0.4, 0.5) is 35.2 Å². The first kappa shape index (κ1) is 41.9. The number of aliphatic hydroxyl groups excluding tert-OH is 2. The van der Waals surface area contributed by atoms with Crippen LogP contribution in [0.3, 0.4) is 0 Å². The molecule has 4 aromatic rings. The molecule has 0 atom stereocenters. The molecule has 0 unspecified atom stereocenters. The highest BCUT2D eigenvalue weighted by atomic mass is 32.2. The van der Waals surface area contributed by atoms with Gasteiger partial charge in [0, 0.05) is 47.6 Å². The van der Waals surface area contributed by atoms with E-state index in [0.29, 0.717) is 28.2 Å². The van der Waals surface area contributed by atoms with Crippen LogP contribution in [0, 0.1) is 0 Å². The first-order chi connectivity index (χ1) is 26.1. The van der Waals surface area contributed by atoms with E-state index >= 15 is 0 Å². The summed E-state index contributed by atoms with van der Waals surface area (Å²) in [6.45, 7) is -0.169. The molecule has 0 aliphatic heterocycles. The molecule has 4 rings (SSSR count). The van der Waals surface area contributed by atoms with Crippen LogP contribution < -0.4 is 25.0 Å². The summed E-state index contributed by atoms with van der Waals surface area (Å²) < 4.78 is 54.3. The topological polar surface area (TPSA) is 308 Å². The third-order valence-electron chi connectivity index (χ3n) is 6.44. The number of aromatic nitrogens is 6. The van der Waals surface area contributed by atoms with Gasteiger partial charge in [-0.15, -0.1) is 8.67 Å². The van der Waals surface area contributed by atoms with E-state index in [1.54, 1.807) is 18.2 Å². The minimum atomic E-state index is -4.77. The molecule has 54 heavy (non-hydrogen) atoms. The van der Waals surface area contributed by atoms with Crippen molar-refractivity contribution in [3.8, 4) is 12.0 Å². The number of hydrogen-bond acceptors (Lipinski definition) is 24. The van der Waals surface area contributed by atoms with Crippen LogP contribution in [-0.2, 0) is 28.9 Å². The number of methoxy groups -OCH3 is 2. The number of benzene rings is 2. The summed E-state index contributed by atoms with van der Waals surface area (Å²) in [7, 11) is -2.09. The smallest absolute Gasteiger partial charge is 0.322 e. The van der Waals surface area contributed by atoms with Crippen molar-refractivity contribution in [2.75, 3.05) is 61.8 Å². The molecule has 0 saturated heterocycles. The maximum absolute atomic E-state index is 12.5. The average Bonchev–Trinajstić information content (AvgIpc) is 3.16. The maximum atomic E-state index is 12.5. The lowest BCUT2D eigenvalue weighted by Crippen LogP contribution is -2.31. The molecule has 2 heterocycles. The summed E-state index contributed by atoms with van der Waals surface area (Å²) in [5.74, 6) is 0.205. The normalized spacial score (nSPS) is 11.7. The Morgan fingerprint density at radius 1 is 0.815 bits per heavy atom. The van der Waals surface area contributed by atoms with E-state index in [0.717, 1.165) is 18.1 Å². The molecule has 2 aromatic heterocycles. The van der Waals surface area contributed by atoms with Crippen LogP contribution in [0.5, 0.6) is 12.0 Å². The Morgan fingerprint density at radius 3 is 2.06 bits per heavy atom. The lowest BCUT2D eigenvalue weighted by atomic mass is 10.1. The summed E-state index contributed by atoms with van der Waals surface area (Å²) in [4.78, 5) is 30.4.